The molecule has 146 valence electrons. The van der Waals surface area contributed by atoms with E-state index < -0.39 is 5.91 Å². The van der Waals surface area contributed by atoms with E-state index in [1.807, 2.05) is 12.1 Å². The van der Waals surface area contributed by atoms with Crippen LogP contribution in [0.1, 0.15) is 22.3 Å². The maximum Gasteiger partial charge on any atom is 0.257 e. The van der Waals surface area contributed by atoms with Crippen LogP contribution in [-0.2, 0) is 6.54 Å². The number of rotatable bonds is 5. The number of carbonyl (C=O) groups is 1. The summed E-state index contributed by atoms with van der Waals surface area (Å²) in [7, 11) is 4.27. The summed E-state index contributed by atoms with van der Waals surface area (Å²) < 4.78 is 0. The van der Waals surface area contributed by atoms with Crippen LogP contribution in [0, 0.1) is 0 Å². The van der Waals surface area contributed by atoms with Gasteiger partial charge < -0.3 is 20.6 Å². The number of nitrogens with zero attached hydrogens (tertiary/aromatic N) is 2. The van der Waals surface area contributed by atoms with Crippen molar-refractivity contribution in [3.05, 3.63) is 58.0 Å². The fraction of sp³-hybridized carbons (Fsp3) is 0.333. The van der Waals surface area contributed by atoms with Gasteiger partial charge in [-0.2, -0.15) is 0 Å². The van der Waals surface area contributed by atoms with Crippen molar-refractivity contribution in [1.29, 1.82) is 0 Å². The number of aromatic nitrogens is 2. The second-order valence-corrected chi connectivity index (χ2v) is 7.74. The van der Waals surface area contributed by atoms with Gasteiger partial charge in [0.25, 0.3) is 5.56 Å². The summed E-state index contributed by atoms with van der Waals surface area (Å²) in [5, 5.41) is 1.04. The fourth-order valence-corrected chi connectivity index (χ4v) is 3.89. The van der Waals surface area contributed by atoms with Gasteiger partial charge >= 0.3 is 0 Å². The highest BCUT2D eigenvalue weighted by Gasteiger charge is 2.23. The minimum absolute atomic E-state index is 0.261. The van der Waals surface area contributed by atoms with Crippen LogP contribution in [0.4, 0.5) is 0 Å². The first-order chi connectivity index (χ1) is 13.4. The molecule has 1 saturated heterocycles. The standard InChI is InChI=1S/C21H25N5O2/c1-25(2)16-5-6-26(12-16)11-13-3-4-18-14(7-13)9-19(24-18)17-8-15(20(22)27)10-23-21(17)28/h3-4,7-10,16,24H,5-6,11-12H2,1-2H3,(H2,22,27)(H,23,28)/t16-/m1/s1. The Hall–Kier alpha value is -2.90. The number of hydrogen-bond acceptors (Lipinski definition) is 4. The topological polar surface area (TPSA) is 98.2 Å². The van der Waals surface area contributed by atoms with Crippen LogP contribution in [0.2, 0.25) is 0 Å². The SMILES string of the molecule is CN(C)[C@@H]1CCN(Cc2ccc3[nH]c(-c4cc(C(N)=O)c[nH]c4=O)cc3c2)C1. The van der Waals surface area contributed by atoms with Crippen LogP contribution in [0.25, 0.3) is 22.2 Å². The number of fused-ring (bicyclic) bond motifs is 1. The lowest BCUT2D eigenvalue weighted by molar-refractivity contribution is 0.1000. The Labute approximate surface area is 163 Å². The van der Waals surface area contributed by atoms with E-state index in [-0.39, 0.29) is 11.1 Å². The summed E-state index contributed by atoms with van der Waals surface area (Å²) >= 11 is 0. The number of primary amides is 1. The van der Waals surface area contributed by atoms with Crippen molar-refractivity contribution in [2.75, 3.05) is 27.2 Å². The summed E-state index contributed by atoms with van der Waals surface area (Å²) in [4.78, 5) is 34.3. The van der Waals surface area contributed by atoms with Crippen molar-refractivity contribution in [2.24, 2.45) is 5.73 Å². The summed E-state index contributed by atoms with van der Waals surface area (Å²) in [6.45, 7) is 3.10. The van der Waals surface area contributed by atoms with Crippen LogP contribution >= 0.6 is 0 Å². The number of hydrogen-bond donors (Lipinski definition) is 3. The lowest BCUT2D eigenvalue weighted by Gasteiger charge is -2.20. The zero-order valence-corrected chi connectivity index (χ0v) is 16.2. The first-order valence-corrected chi connectivity index (χ1v) is 9.44. The van der Waals surface area contributed by atoms with Gasteiger partial charge in [-0.3, -0.25) is 14.5 Å². The smallest absolute Gasteiger partial charge is 0.257 e. The highest BCUT2D eigenvalue weighted by atomic mass is 16.1. The molecule has 7 heteroatoms. The Balaban J connectivity index is 1.60. The third-order valence-corrected chi connectivity index (χ3v) is 5.55. The predicted octanol–water partition coefficient (Wildman–Crippen LogP) is 1.76. The van der Waals surface area contributed by atoms with E-state index in [4.69, 9.17) is 5.73 Å². The molecule has 0 radical (unpaired) electrons. The highest BCUT2D eigenvalue weighted by Crippen LogP contribution is 2.25. The summed E-state index contributed by atoms with van der Waals surface area (Å²) in [6, 6.07) is 10.4. The van der Waals surface area contributed by atoms with E-state index in [0.717, 1.165) is 30.5 Å². The Morgan fingerprint density at radius 2 is 2.11 bits per heavy atom. The molecule has 1 fully saturated rings. The van der Waals surface area contributed by atoms with Gasteiger partial charge in [0, 0.05) is 42.8 Å². The highest BCUT2D eigenvalue weighted by molar-refractivity contribution is 5.94. The number of pyridine rings is 1. The molecule has 7 nitrogen and oxygen atoms in total. The molecule has 0 spiro atoms. The molecule has 3 heterocycles. The Bertz CT molecular complexity index is 1080. The van der Waals surface area contributed by atoms with Gasteiger partial charge in [-0.25, -0.2) is 0 Å². The maximum absolute atomic E-state index is 12.2. The summed E-state index contributed by atoms with van der Waals surface area (Å²) in [5.74, 6) is -0.572. The molecule has 1 aliphatic heterocycles. The van der Waals surface area contributed by atoms with Gasteiger partial charge in [-0.05, 0) is 50.3 Å². The van der Waals surface area contributed by atoms with Gasteiger partial charge in [-0.15, -0.1) is 0 Å². The van der Waals surface area contributed by atoms with E-state index >= 15 is 0 Å². The zero-order valence-electron chi connectivity index (χ0n) is 16.2. The number of likely N-dealkylation sites (tertiary alicyclic amines) is 1. The maximum atomic E-state index is 12.2. The van der Waals surface area contributed by atoms with E-state index in [9.17, 15) is 9.59 Å². The molecule has 0 bridgehead atoms. The van der Waals surface area contributed by atoms with Crippen molar-refractivity contribution >= 4 is 16.8 Å². The van der Waals surface area contributed by atoms with Crippen LogP contribution in [0.3, 0.4) is 0 Å². The molecule has 2 aromatic heterocycles. The molecule has 0 unspecified atom stereocenters. The van der Waals surface area contributed by atoms with Gasteiger partial charge in [0.2, 0.25) is 5.91 Å². The van der Waals surface area contributed by atoms with Crippen molar-refractivity contribution < 1.29 is 4.79 Å². The zero-order chi connectivity index (χ0) is 19.8. The number of aromatic amines is 2. The molecule has 1 atom stereocenters. The van der Waals surface area contributed by atoms with Gasteiger partial charge in [0.05, 0.1) is 16.8 Å². The molecular formula is C21H25N5O2. The molecular weight excluding hydrogens is 354 g/mol. The van der Waals surface area contributed by atoms with Crippen LogP contribution < -0.4 is 11.3 Å². The molecule has 1 aliphatic rings. The number of benzene rings is 1. The molecule has 0 saturated carbocycles. The normalized spacial score (nSPS) is 17.6. The Morgan fingerprint density at radius 1 is 1.29 bits per heavy atom. The second-order valence-electron chi connectivity index (χ2n) is 7.74. The lowest BCUT2D eigenvalue weighted by atomic mass is 10.1. The number of carbonyl (C=O) groups excluding carboxylic acids is 1. The van der Waals surface area contributed by atoms with Gasteiger partial charge in [0.15, 0.2) is 0 Å². The second kappa shape index (κ2) is 7.26. The number of likely N-dealkylation sites (N-methyl/N-ethyl adjacent to an activating group) is 1. The van der Waals surface area contributed by atoms with Crippen molar-refractivity contribution in [3.8, 4) is 11.3 Å². The average Bonchev–Trinajstić information content (AvgIpc) is 3.28. The number of nitrogens with two attached hydrogens (primary N) is 1. The van der Waals surface area contributed by atoms with E-state index in [1.165, 1.54) is 24.2 Å². The molecule has 3 aromatic rings. The van der Waals surface area contributed by atoms with E-state index in [2.05, 4.69) is 46.0 Å². The quantitative estimate of drug-likeness (QED) is 0.629. The van der Waals surface area contributed by atoms with Gasteiger partial charge in [-0.1, -0.05) is 6.07 Å². The first kappa shape index (κ1) is 18.5. The van der Waals surface area contributed by atoms with E-state index in [1.54, 1.807) is 0 Å². The van der Waals surface area contributed by atoms with Crippen molar-refractivity contribution in [1.82, 2.24) is 19.8 Å². The van der Waals surface area contributed by atoms with Crippen LogP contribution in [0.15, 0.2) is 41.3 Å². The molecule has 1 amide bonds. The first-order valence-electron chi connectivity index (χ1n) is 9.44. The minimum Gasteiger partial charge on any atom is -0.366 e. The number of amides is 1. The summed E-state index contributed by atoms with van der Waals surface area (Å²) in [5.41, 5.74) is 8.63. The lowest BCUT2D eigenvalue weighted by Crippen LogP contribution is -2.31. The Kier molecular flexibility index (Phi) is 4.78. The van der Waals surface area contributed by atoms with Crippen LogP contribution in [0.5, 0.6) is 0 Å². The predicted molar refractivity (Wildman–Crippen MR) is 110 cm³/mol. The van der Waals surface area contributed by atoms with Crippen LogP contribution in [-0.4, -0.2) is 58.9 Å². The average molecular weight is 379 g/mol. The van der Waals surface area contributed by atoms with E-state index in [0.29, 0.717) is 17.3 Å². The summed E-state index contributed by atoms with van der Waals surface area (Å²) in [6.07, 6.45) is 2.54. The number of H-pyrrole nitrogens is 2. The van der Waals surface area contributed by atoms with Gasteiger partial charge in [0.1, 0.15) is 0 Å². The molecule has 0 aliphatic carbocycles. The molecule has 1 aromatic carbocycles. The third-order valence-electron chi connectivity index (χ3n) is 5.55. The molecule has 4 N–H and O–H groups in total. The third kappa shape index (κ3) is 3.58. The molecule has 4 rings (SSSR count). The largest absolute Gasteiger partial charge is 0.366 e. The number of nitrogens with one attached hydrogen (secondary N) is 2. The monoisotopic (exact) mass is 379 g/mol. The minimum atomic E-state index is -0.572. The van der Waals surface area contributed by atoms with Crippen molar-refractivity contribution in [3.63, 3.8) is 0 Å². The molecule has 28 heavy (non-hydrogen) atoms. The Morgan fingerprint density at radius 3 is 2.82 bits per heavy atom. The fourth-order valence-electron chi connectivity index (χ4n) is 3.89. The van der Waals surface area contributed by atoms with Crippen molar-refractivity contribution in [2.45, 2.75) is 19.0 Å².